The molecule has 11 nitrogen and oxygen atoms in total. The van der Waals surface area contributed by atoms with Crippen molar-refractivity contribution in [3.63, 3.8) is 0 Å². The second-order valence-electron chi connectivity index (χ2n) is 8.01. The molecule has 0 aliphatic heterocycles. The van der Waals surface area contributed by atoms with E-state index in [9.17, 15) is 24.5 Å². The zero-order valence-corrected chi connectivity index (χ0v) is 19.5. The number of benzene rings is 2. The van der Waals surface area contributed by atoms with Gasteiger partial charge in [-0.25, -0.2) is 4.79 Å². The summed E-state index contributed by atoms with van der Waals surface area (Å²) in [5, 5.41) is 16.0. The predicted octanol–water partition coefficient (Wildman–Crippen LogP) is 3.93. The maximum absolute atomic E-state index is 12.8. The lowest BCUT2D eigenvalue weighted by Gasteiger charge is -2.22. The maximum Gasteiger partial charge on any atom is 0.340 e. The summed E-state index contributed by atoms with van der Waals surface area (Å²) >= 11 is 0. The summed E-state index contributed by atoms with van der Waals surface area (Å²) in [5.74, 6) is -1.25. The molecule has 0 spiro atoms. The first-order valence-electron chi connectivity index (χ1n) is 11.1. The van der Waals surface area contributed by atoms with E-state index in [4.69, 9.17) is 14.2 Å². The van der Waals surface area contributed by atoms with E-state index in [0.717, 1.165) is 32.1 Å². The molecule has 0 atom stereocenters. The summed E-state index contributed by atoms with van der Waals surface area (Å²) in [6, 6.07) is 8.08. The smallest absolute Gasteiger partial charge is 0.340 e. The summed E-state index contributed by atoms with van der Waals surface area (Å²) in [5.41, 5.74) is 0.392. The van der Waals surface area contributed by atoms with Crippen LogP contribution in [0.3, 0.4) is 0 Å². The number of hydrogen-bond donors (Lipinski definition) is 2. The topological polar surface area (TPSA) is 146 Å². The number of carbonyl (C=O) groups excluding carboxylic acids is 3. The van der Waals surface area contributed by atoms with Crippen LogP contribution in [0, 0.1) is 16.0 Å². The van der Waals surface area contributed by atoms with Gasteiger partial charge < -0.3 is 24.8 Å². The third-order valence-corrected chi connectivity index (χ3v) is 5.67. The van der Waals surface area contributed by atoms with Crippen LogP contribution in [0.2, 0.25) is 0 Å². The number of ether oxygens (including phenoxy) is 3. The second-order valence-corrected chi connectivity index (χ2v) is 8.01. The highest BCUT2D eigenvalue weighted by molar-refractivity contribution is 6.03. The number of esters is 1. The number of methoxy groups -OCH3 is 2. The second kappa shape index (κ2) is 11.8. The quantitative estimate of drug-likeness (QED) is 0.309. The van der Waals surface area contributed by atoms with E-state index in [1.54, 1.807) is 0 Å². The van der Waals surface area contributed by atoms with E-state index in [-0.39, 0.29) is 34.5 Å². The van der Waals surface area contributed by atoms with Crippen LogP contribution < -0.4 is 20.1 Å². The van der Waals surface area contributed by atoms with Crippen molar-refractivity contribution in [2.24, 2.45) is 5.92 Å². The lowest BCUT2D eigenvalue weighted by molar-refractivity contribution is -0.384. The average Bonchev–Trinajstić information content (AvgIpc) is 2.87. The molecule has 0 bridgehead atoms. The van der Waals surface area contributed by atoms with Crippen LogP contribution in [-0.2, 0) is 14.3 Å². The Labute approximate surface area is 201 Å². The van der Waals surface area contributed by atoms with Crippen LogP contribution in [0.4, 0.5) is 17.1 Å². The number of nitrogens with one attached hydrogen (secondary N) is 2. The van der Waals surface area contributed by atoms with Gasteiger partial charge in [-0.05, 0) is 25.0 Å². The molecule has 11 heteroatoms. The van der Waals surface area contributed by atoms with Crippen molar-refractivity contribution in [2.45, 2.75) is 32.1 Å². The molecule has 35 heavy (non-hydrogen) atoms. The Morgan fingerprint density at radius 3 is 2.20 bits per heavy atom. The van der Waals surface area contributed by atoms with Crippen LogP contribution >= 0.6 is 0 Å². The summed E-state index contributed by atoms with van der Waals surface area (Å²) in [6.45, 7) is -0.611. The van der Waals surface area contributed by atoms with Crippen LogP contribution in [0.5, 0.6) is 11.5 Å². The highest BCUT2D eigenvalue weighted by Crippen LogP contribution is 2.35. The Morgan fingerprint density at radius 1 is 0.971 bits per heavy atom. The number of nitro groups is 1. The van der Waals surface area contributed by atoms with Gasteiger partial charge in [-0.2, -0.15) is 0 Å². The van der Waals surface area contributed by atoms with Crippen molar-refractivity contribution < 1.29 is 33.5 Å². The number of amides is 2. The van der Waals surface area contributed by atoms with Crippen molar-refractivity contribution in [1.82, 2.24) is 0 Å². The summed E-state index contributed by atoms with van der Waals surface area (Å²) in [4.78, 5) is 48.0. The first kappa shape index (κ1) is 25.5. The van der Waals surface area contributed by atoms with E-state index in [1.807, 2.05) is 0 Å². The number of anilines is 2. The zero-order valence-electron chi connectivity index (χ0n) is 19.5. The fourth-order valence-electron chi connectivity index (χ4n) is 3.82. The highest BCUT2D eigenvalue weighted by Gasteiger charge is 2.25. The van der Waals surface area contributed by atoms with Gasteiger partial charge in [0.15, 0.2) is 18.1 Å². The number of non-ortho nitro benzene ring substituents is 1. The Kier molecular flexibility index (Phi) is 8.60. The molecule has 1 aliphatic carbocycles. The molecule has 2 amide bonds. The first-order valence-corrected chi connectivity index (χ1v) is 11.1. The summed E-state index contributed by atoms with van der Waals surface area (Å²) < 4.78 is 15.7. The van der Waals surface area contributed by atoms with Crippen molar-refractivity contribution >= 4 is 34.8 Å². The van der Waals surface area contributed by atoms with Crippen LogP contribution in [0.15, 0.2) is 36.4 Å². The lowest BCUT2D eigenvalue weighted by Crippen LogP contribution is -2.26. The number of rotatable bonds is 9. The maximum atomic E-state index is 12.8. The molecule has 0 aromatic heterocycles. The van der Waals surface area contributed by atoms with Gasteiger partial charge in [0.1, 0.15) is 0 Å². The van der Waals surface area contributed by atoms with Crippen molar-refractivity contribution in [3.05, 3.63) is 52.1 Å². The molecule has 3 rings (SSSR count). The standard InChI is InChI=1S/C24H27N3O8/c1-33-20-12-18(19(13-21(20)34-2)26-23(29)15-6-4-3-5-7-15)24(30)35-14-22(28)25-16-8-10-17(11-9-16)27(31)32/h8-13,15H,3-7,14H2,1-2H3,(H,25,28)(H,26,29). The number of hydrogen-bond acceptors (Lipinski definition) is 8. The van der Waals surface area contributed by atoms with E-state index in [0.29, 0.717) is 11.4 Å². The fraction of sp³-hybridized carbons (Fsp3) is 0.375. The van der Waals surface area contributed by atoms with Gasteiger partial charge in [0.25, 0.3) is 11.6 Å². The third kappa shape index (κ3) is 6.69. The van der Waals surface area contributed by atoms with E-state index >= 15 is 0 Å². The van der Waals surface area contributed by atoms with Crippen molar-refractivity contribution in [2.75, 3.05) is 31.5 Å². The minimum Gasteiger partial charge on any atom is -0.493 e. The first-order chi connectivity index (χ1) is 16.8. The van der Waals surface area contributed by atoms with Crippen LogP contribution in [-0.4, -0.2) is 43.5 Å². The molecule has 1 aliphatic rings. The molecule has 2 aromatic carbocycles. The van der Waals surface area contributed by atoms with Gasteiger partial charge in [0, 0.05) is 35.9 Å². The fourth-order valence-corrected chi connectivity index (χ4v) is 3.82. The van der Waals surface area contributed by atoms with Gasteiger partial charge >= 0.3 is 5.97 Å². The van der Waals surface area contributed by atoms with Gasteiger partial charge in [0.05, 0.1) is 30.4 Å². The molecule has 186 valence electrons. The molecule has 2 N–H and O–H groups in total. The largest absolute Gasteiger partial charge is 0.493 e. The number of nitrogens with zero attached hydrogens (tertiary/aromatic N) is 1. The third-order valence-electron chi connectivity index (χ3n) is 5.67. The number of nitro benzene ring substituents is 1. The van der Waals surface area contributed by atoms with Crippen molar-refractivity contribution in [1.29, 1.82) is 0 Å². The molecule has 0 heterocycles. The number of carbonyl (C=O) groups is 3. The van der Waals surface area contributed by atoms with E-state index in [1.165, 1.54) is 50.6 Å². The zero-order chi connectivity index (χ0) is 25.4. The Hall–Kier alpha value is -4.15. The van der Waals surface area contributed by atoms with Gasteiger partial charge in [-0.1, -0.05) is 19.3 Å². The van der Waals surface area contributed by atoms with Gasteiger partial charge in [-0.15, -0.1) is 0 Å². The van der Waals surface area contributed by atoms with Crippen LogP contribution in [0.25, 0.3) is 0 Å². The molecule has 1 saturated carbocycles. The molecular formula is C24H27N3O8. The SMILES string of the molecule is COc1cc(NC(=O)C2CCCCC2)c(C(=O)OCC(=O)Nc2ccc([N+](=O)[O-])cc2)cc1OC. The Morgan fingerprint density at radius 2 is 1.60 bits per heavy atom. The molecule has 0 radical (unpaired) electrons. The molecule has 0 unspecified atom stereocenters. The monoisotopic (exact) mass is 485 g/mol. The Balaban J connectivity index is 1.71. The molecule has 0 saturated heterocycles. The van der Waals surface area contributed by atoms with E-state index < -0.39 is 23.4 Å². The summed E-state index contributed by atoms with van der Waals surface area (Å²) in [7, 11) is 2.84. The van der Waals surface area contributed by atoms with Crippen LogP contribution in [0.1, 0.15) is 42.5 Å². The average molecular weight is 485 g/mol. The minimum atomic E-state index is -0.844. The highest BCUT2D eigenvalue weighted by atomic mass is 16.6. The molecule has 1 fully saturated rings. The molecule has 2 aromatic rings. The molecular weight excluding hydrogens is 458 g/mol. The van der Waals surface area contributed by atoms with E-state index in [2.05, 4.69) is 10.6 Å². The van der Waals surface area contributed by atoms with Gasteiger partial charge in [-0.3, -0.25) is 19.7 Å². The lowest BCUT2D eigenvalue weighted by atomic mass is 9.88. The minimum absolute atomic E-state index is 0.00921. The normalized spacial score (nSPS) is 13.4. The predicted molar refractivity (Wildman–Crippen MR) is 127 cm³/mol. The van der Waals surface area contributed by atoms with Gasteiger partial charge in [0.2, 0.25) is 5.91 Å². The summed E-state index contributed by atoms with van der Waals surface area (Å²) in [6.07, 6.45) is 4.61. The Bertz CT molecular complexity index is 1090. The van der Waals surface area contributed by atoms with Crippen molar-refractivity contribution in [3.8, 4) is 11.5 Å².